The first-order valence-corrected chi connectivity index (χ1v) is 24.7. The van der Waals surface area contributed by atoms with Gasteiger partial charge in [-0.25, -0.2) is 24.9 Å². The number of hydrogen-bond acceptors (Lipinski definition) is 17. The second kappa shape index (κ2) is 24.8. The average Bonchev–Trinajstić information content (AvgIpc) is 3.21. The molecular weight excluding hydrogens is 1030 g/mol. The molecule has 18 nitrogen and oxygen atoms in total. The van der Waals surface area contributed by atoms with Gasteiger partial charge in [-0.2, -0.15) is 0 Å². The lowest BCUT2D eigenvalue weighted by atomic mass is 10.1. The molecule has 0 saturated heterocycles. The summed E-state index contributed by atoms with van der Waals surface area (Å²) in [5.74, 6) is 0.181. The van der Waals surface area contributed by atoms with Gasteiger partial charge in [0, 0.05) is 43.2 Å². The standard InChI is InChI=1S/C20H21BrClN4O4P.C13H9BrClN5.C6H13O5P/c1-3-29-31(28,30-4-2)11-15(27)7-14-8-16-19(10-23-14)24-12-25-20(16)26-13-5-6-18(22)17(21)9-13;14-9-3-7(1-2-10(9)15)20-13-8-4-12(16)17-5-11(8)18-6-19-13;1-3-10-12(9,11-4-2)5-6(7)8/h5-6,8-10,12H,3-4,7,11H2,1-2H3,(H,24,25,26);1-6H,(H2,16,17)(H,18,19,20);3-5H2,1-2H3,(H,7,8). The van der Waals surface area contributed by atoms with Gasteiger partial charge >= 0.3 is 21.2 Å². The number of nitrogen functional groups attached to an aromatic ring is 1. The van der Waals surface area contributed by atoms with Crippen LogP contribution < -0.4 is 16.4 Å². The van der Waals surface area contributed by atoms with Crippen LogP contribution in [0, 0.1) is 0 Å². The van der Waals surface area contributed by atoms with Gasteiger partial charge in [-0.15, -0.1) is 0 Å². The number of Topliss-reactive ketones (excluding diaryl/α,β-unsaturated/α-hetero) is 1. The highest BCUT2D eigenvalue weighted by molar-refractivity contribution is 9.10. The quantitative estimate of drug-likeness (QED) is 0.0584. The van der Waals surface area contributed by atoms with Crippen molar-refractivity contribution in [2.75, 3.05) is 55.1 Å². The zero-order valence-corrected chi connectivity index (χ0v) is 40.7. The number of benzene rings is 2. The van der Waals surface area contributed by atoms with Crippen molar-refractivity contribution >= 4 is 133 Å². The van der Waals surface area contributed by atoms with E-state index in [0.29, 0.717) is 44.1 Å². The molecule has 0 atom stereocenters. The number of aliphatic carboxylic acids is 1. The van der Waals surface area contributed by atoms with E-state index in [9.17, 15) is 18.7 Å². The number of nitrogens with two attached hydrogens (primary N) is 1. The van der Waals surface area contributed by atoms with E-state index in [0.717, 1.165) is 31.2 Å². The first-order chi connectivity index (χ1) is 30.0. The second-order valence-corrected chi connectivity index (χ2v) is 19.2. The summed E-state index contributed by atoms with van der Waals surface area (Å²) in [5.41, 5.74) is 9.20. The number of carbonyl (C=O) groups is 2. The fourth-order valence-electron chi connectivity index (χ4n) is 5.38. The van der Waals surface area contributed by atoms with Gasteiger partial charge in [0.15, 0.2) is 5.78 Å². The summed E-state index contributed by atoms with van der Waals surface area (Å²) in [6, 6.07) is 14.4. The Morgan fingerprint density at radius 1 is 0.667 bits per heavy atom. The van der Waals surface area contributed by atoms with Crippen molar-refractivity contribution in [1.82, 2.24) is 29.9 Å². The Kier molecular flexibility index (Phi) is 20.2. The largest absolute Gasteiger partial charge is 0.481 e. The summed E-state index contributed by atoms with van der Waals surface area (Å²) >= 11 is 18.8. The number of rotatable bonds is 18. The molecule has 5 N–H and O–H groups in total. The van der Waals surface area contributed by atoms with Crippen molar-refractivity contribution in [2.45, 2.75) is 34.1 Å². The van der Waals surface area contributed by atoms with E-state index in [1.165, 1.54) is 12.7 Å². The van der Waals surface area contributed by atoms with Gasteiger partial charge in [-0.1, -0.05) is 23.2 Å². The highest BCUT2D eigenvalue weighted by Crippen LogP contribution is 2.48. The molecule has 4 aromatic heterocycles. The van der Waals surface area contributed by atoms with Gasteiger partial charge in [-0.3, -0.25) is 23.7 Å². The van der Waals surface area contributed by atoms with Crippen molar-refractivity contribution in [3.05, 3.63) is 98.3 Å². The van der Waals surface area contributed by atoms with Crippen LogP contribution in [0.25, 0.3) is 21.8 Å². The van der Waals surface area contributed by atoms with Gasteiger partial charge in [0.25, 0.3) is 0 Å². The molecule has 0 unspecified atom stereocenters. The summed E-state index contributed by atoms with van der Waals surface area (Å²) in [4.78, 5) is 48.0. The Morgan fingerprint density at radius 2 is 1.11 bits per heavy atom. The van der Waals surface area contributed by atoms with Crippen LogP contribution in [-0.4, -0.2) is 85.5 Å². The Morgan fingerprint density at radius 3 is 1.56 bits per heavy atom. The molecule has 0 fully saturated rings. The van der Waals surface area contributed by atoms with Crippen LogP contribution >= 0.6 is 70.3 Å². The lowest BCUT2D eigenvalue weighted by Crippen LogP contribution is -2.13. The predicted octanol–water partition coefficient (Wildman–Crippen LogP) is 10.7. The molecule has 336 valence electrons. The molecule has 0 radical (unpaired) electrons. The van der Waals surface area contributed by atoms with Crippen LogP contribution in [0.4, 0.5) is 28.8 Å². The Labute approximate surface area is 389 Å². The number of carbonyl (C=O) groups excluding carboxylic acids is 1. The van der Waals surface area contributed by atoms with Gasteiger partial charge in [0.1, 0.15) is 42.4 Å². The van der Waals surface area contributed by atoms with Gasteiger partial charge in [-0.05, 0) is 108 Å². The van der Waals surface area contributed by atoms with Crippen molar-refractivity contribution in [1.29, 1.82) is 0 Å². The fraction of sp³-hybridized carbons (Fsp3) is 0.282. The third-order valence-corrected chi connectivity index (χ3v) is 14.3. The molecule has 6 aromatic rings. The minimum atomic E-state index is -3.45. The van der Waals surface area contributed by atoms with Crippen molar-refractivity contribution < 1.29 is 41.9 Å². The van der Waals surface area contributed by atoms with E-state index in [2.05, 4.69) is 72.4 Å². The Hall–Kier alpha value is -4.20. The number of fused-ring (bicyclic) bond motifs is 2. The zero-order chi connectivity index (χ0) is 46.2. The number of carboxylic acid groups (broad SMARTS) is 1. The molecule has 0 amide bonds. The number of aromatic nitrogens is 6. The smallest absolute Gasteiger partial charge is 0.341 e. The maximum absolute atomic E-state index is 12.6. The third-order valence-electron chi connectivity index (χ3n) is 7.87. The van der Waals surface area contributed by atoms with Crippen LogP contribution in [0.5, 0.6) is 0 Å². The summed E-state index contributed by atoms with van der Waals surface area (Å²) in [7, 11) is -6.83. The number of pyridine rings is 2. The highest BCUT2D eigenvalue weighted by Gasteiger charge is 2.28. The number of nitrogens with zero attached hydrogens (tertiary/aromatic N) is 6. The SMILES string of the molecule is CCOP(=O)(CC(=O)Cc1cc2c(Nc3ccc(Cl)c(Br)c3)ncnc2cn1)OCC.CCOP(=O)(CC(=O)O)OCC.Nc1cc2c(Nc3ccc(Cl)c(Br)c3)ncnc2cn1. The molecule has 6 rings (SSSR count). The number of halogens is 4. The Balaban J connectivity index is 0.000000232. The number of hydrogen-bond donors (Lipinski definition) is 4. The molecule has 24 heteroatoms. The van der Waals surface area contributed by atoms with E-state index in [1.807, 2.05) is 24.3 Å². The lowest BCUT2D eigenvalue weighted by Gasteiger charge is -2.16. The minimum Gasteiger partial charge on any atom is -0.481 e. The molecule has 0 aliphatic heterocycles. The fourth-order valence-corrected chi connectivity index (χ4v) is 9.33. The molecule has 4 heterocycles. The first kappa shape index (κ1) is 51.4. The molecule has 0 aliphatic carbocycles. The summed E-state index contributed by atoms with van der Waals surface area (Å²) in [6.07, 6.45) is 5.22. The first-order valence-electron chi connectivity index (χ1n) is 18.9. The second-order valence-electron chi connectivity index (χ2n) is 12.6. The van der Waals surface area contributed by atoms with Crippen LogP contribution in [-0.2, 0) is 43.2 Å². The molecule has 0 spiro atoms. The summed E-state index contributed by atoms with van der Waals surface area (Å²) in [6.45, 7) is 7.44. The molecule has 0 aliphatic rings. The maximum Gasteiger partial charge on any atom is 0.341 e. The zero-order valence-electron chi connectivity index (χ0n) is 34.3. The number of carboxylic acids is 1. The maximum atomic E-state index is 12.6. The summed E-state index contributed by atoms with van der Waals surface area (Å²) in [5, 5.41) is 17.6. The van der Waals surface area contributed by atoms with E-state index in [4.69, 9.17) is 52.1 Å². The van der Waals surface area contributed by atoms with Gasteiger partial charge in [0.05, 0.1) is 59.9 Å². The monoisotopic (exact) mass is 1070 g/mol. The molecule has 0 saturated carbocycles. The topological polar surface area (TPSA) is 253 Å². The summed E-state index contributed by atoms with van der Waals surface area (Å²) < 4.78 is 45.4. The van der Waals surface area contributed by atoms with E-state index in [-0.39, 0.29) is 44.8 Å². The number of anilines is 5. The minimum absolute atomic E-state index is 0.0130. The lowest BCUT2D eigenvalue weighted by molar-refractivity contribution is -0.134. The highest BCUT2D eigenvalue weighted by atomic mass is 79.9. The van der Waals surface area contributed by atoms with E-state index >= 15 is 0 Å². The average molecular weight is 1070 g/mol. The predicted molar refractivity (Wildman–Crippen MR) is 252 cm³/mol. The van der Waals surface area contributed by atoms with Gasteiger partial charge < -0.3 is 39.6 Å². The molecular formula is C39H43Br2Cl2N9O9P2. The van der Waals surface area contributed by atoms with Gasteiger partial charge in [0.2, 0.25) is 0 Å². The van der Waals surface area contributed by atoms with Crippen molar-refractivity contribution in [3.63, 3.8) is 0 Å². The van der Waals surface area contributed by atoms with Crippen LogP contribution in [0.3, 0.4) is 0 Å². The van der Waals surface area contributed by atoms with E-state index in [1.54, 1.807) is 64.4 Å². The van der Waals surface area contributed by atoms with Crippen LogP contribution in [0.1, 0.15) is 33.4 Å². The van der Waals surface area contributed by atoms with E-state index < -0.39 is 27.3 Å². The van der Waals surface area contributed by atoms with Crippen molar-refractivity contribution in [3.8, 4) is 0 Å². The molecule has 0 bridgehead atoms. The third kappa shape index (κ3) is 16.1. The van der Waals surface area contributed by atoms with Crippen molar-refractivity contribution in [2.24, 2.45) is 0 Å². The number of ketones is 1. The molecule has 2 aromatic carbocycles. The number of nitrogens with one attached hydrogen (secondary N) is 2. The Bertz CT molecular complexity index is 2620. The van der Waals surface area contributed by atoms with Crippen LogP contribution in [0.2, 0.25) is 10.0 Å². The molecule has 63 heavy (non-hydrogen) atoms. The normalized spacial score (nSPS) is 11.3. The van der Waals surface area contributed by atoms with Crippen LogP contribution in [0.15, 0.2) is 82.5 Å².